The molecule has 0 aliphatic heterocycles. The van der Waals surface area contributed by atoms with Crippen LogP contribution in [0.15, 0.2) is 18.2 Å². The Kier molecular flexibility index (Phi) is 3.88. The third-order valence-electron chi connectivity index (χ3n) is 2.31. The van der Waals surface area contributed by atoms with Gasteiger partial charge in [-0.15, -0.1) is 0 Å². The Bertz CT molecular complexity index is 388. The van der Waals surface area contributed by atoms with Gasteiger partial charge in [-0.2, -0.15) is 0 Å². The van der Waals surface area contributed by atoms with Crippen LogP contribution in [0.4, 0.5) is 10.1 Å². The van der Waals surface area contributed by atoms with Crippen molar-refractivity contribution in [2.75, 3.05) is 18.5 Å². The Morgan fingerprint density at radius 1 is 1.50 bits per heavy atom. The maximum absolute atomic E-state index is 13.7. The van der Waals surface area contributed by atoms with Crippen LogP contribution in [-0.2, 0) is 0 Å². The van der Waals surface area contributed by atoms with Crippen molar-refractivity contribution in [2.24, 2.45) is 11.7 Å². The fraction of sp³-hybridized carbons (Fsp3) is 0.417. The summed E-state index contributed by atoms with van der Waals surface area (Å²) in [5.74, 6) is 0.0182. The maximum Gasteiger partial charge on any atom is 0.147 e. The second-order valence-corrected chi connectivity index (χ2v) is 4.35. The highest BCUT2D eigenvalue weighted by Gasteiger charge is 2.10. The number of halogens is 1. The number of nitrogens with zero attached hydrogens (tertiary/aromatic N) is 1. The largest absolute Gasteiger partial charge is 0.384 e. The third kappa shape index (κ3) is 2.95. The van der Waals surface area contributed by atoms with E-state index in [1.165, 1.54) is 6.07 Å². The fourth-order valence-electron chi connectivity index (χ4n) is 1.63. The van der Waals surface area contributed by atoms with Crippen LogP contribution >= 0.6 is 0 Å². The van der Waals surface area contributed by atoms with E-state index in [-0.39, 0.29) is 11.7 Å². The van der Waals surface area contributed by atoms with Crippen molar-refractivity contribution >= 4 is 11.5 Å². The number of benzene rings is 1. The molecule has 1 aromatic rings. The molecule has 0 saturated carbocycles. The van der Waals surface area contributed by atoms with Crippen molar-refractivity contribution in [3.05, 3.63) is 29.6 Å². The van der Waals surface area contributed by atoms with Crippen molar-refractivity contribution in [2.45, 2.75) is 13.8 Å². The topological polar surface area (TPSA) is 53.1 Å². The van der Waals surface area contributed by atoms with E-state index < -0.39 is 0 Å². The molecule has 0 spiro atoms. The summed E-state index contributed by atoms with van der Waals surface area (Å²) < 4.78 is 13.7. The molecule has 0 aliphatic rings. The molecule has 0 saturated heterocycles. The summed E-state index contributed by atoms with van der Waals surface area (Å²) in [7, 11) is 1.85. The molecular formula is C12H18FN3. The number of amidine groups is 1. The molecule has 0 fully saturated rings. The number of rotatable bonds is 4. The molecule has 0 bridgehead atoms. The number of nitrogens with one attached hydrogen (secondary N) is 1. The van der Waals surface area contributed by atoms with Gasteiger partial charge in [0.25, 0.3) is 0 Å². The SMILES string of the molecule is CC(C)CN(C)c1ccc(C(=N)N)cc1F. The molecule has 4 heteroatoms. The van der Waals surface area contributed by atoms with E-state index in [4.69, 9.17) is 11.1 Å². The summed E-state index contributed by atoms with van der Waals surface area (Å²) in [6.45, 7) is 4.95. The first-order valence-corrected chi connectivity index (χ1v) is 5.27. The second-order valence-electron chi connectivity index (χ2n) is 4.35. The molecule has 0 unspecified atom stereocenters. The van der Waals surface area contributed by atoms with E-state index in [9.17, 15) is 4.39 Å². The van der Waals surface area contributed by atoms with Gasteiger partial charge in [-0.05, 0) is 24.1 Å². The van der Waals surface area contributed by atoms with E-state index in [0.29, 0.717) is 17.2 Å². The highest BCUT2D eigenvalue weighted by molar-refractivity contribution is 5.95. The lowest BCUT2D eigenvalue weighted by Gasteiger charge is -2.22. The molecule has 88 valence electrons. The average molecular weight is 223 g/mol. The minimum Gasteiger partial charge on any atom is -0.384 e. The quantitative estimate of drug-likeness (QED) is 0.607. The second kappa shape index (κ2) is 4.96. The fourth-order valence-corrected chi connectivity index (χ4v) is 1.63. The van der Waals surface area contributed by atoms with Gasteiger partial charge in [0, 0.05) is 19.2 Å². The predicted molar refractivity (Wildman–Crippen MR) is 65.5 cm³/mol. The molecule has 0 amide bonds. The Hall–Kier alpha value is -1.58. The Morgan fingerprint density at radius 3 is 2.56 bits per heavy atom. The van der Waals surface area contributed by atoms with E-state index >= 15 is 0 Å². The summed E-state index contributed by atoms with van der Waals surface area (Å²) in [6.07, 6.45) is 0. The predicted octanol–water partition coefficient (Wildman–Crippen LogP) is 2.20. The first kappa shape index (κ1) is 12.5. The van der Waals surface area contributed by atoms with E-state index in [1.807, 2.05) is 11.9 Å². The molecule has 0 heterocycles. The monoisotopic (exact) mass is 223 g/mol. The van der Waals surface area contributed by atoms with Crippen molar-refractivity contribution < 1.29 is 4.39 Å². The van der Waals surface area contributed by atoms with Crippen LogP contribution < -0.4 is 10.6 Å². The average Bonchev–Trinajstić information content (AvgIpc) is 2.15. The zero-order chi connectivity index (χ0) is 12.3. The lowest BCUT2D eigenvalue weighted by Crippen LogP contribution is -2.23. The van der Waals surface area contributed by atoms with Crippen LogP contribution in [0.5, 0.6) is 0 Å². The van der Waals surface area contributed by atoms with Crippen LogP contribution in [0, 0.1) is 17.1 Å². The van der Waals surface area contributed by atoms with Crippen LogP contribution in [0.1, 0.15) is 19.4 Å². The van der Waals surface area contributed by atoms with Crippen LogP contribution in [0.3, 0.4) is 0 Å². The first-order valence-electron chi connectivity index (χ1n) is 5.27. The molecule has 1 rings (SSSR count). The summed E-state index contributed by atoms with van der Waals surface area (Å²) in [5, 5.41) is 7.22. The minimum absolute atomic E-state index is 0.114. The molecule has 16 heavy (non-hydrogen) atoms. The van der Waals surface area contributed by atoms with Crippen molar-refractivity contribution in [1.29, 1.82) is 5.41 Å². The Morgan fingerprint density at radius 2 is 2.12 bits per heavy atom. The highest BCUT2D eigenvalue weighted by atomic mass is 19.1. The highest BCUT2D eigenvalue weighted by Crippen LogP contribution is 2.20. The lowest BCUT2D eigenvalue weighted by atomic mass is 10.1. The van der Waals surface area contributed by atoms with Crippen LogP contribution in [0.2, 0.25) is 0 Å². The van der Waals surface area contributed by atoms with E-state index in [0.717, 1.165) is 6.54 Å². The number of hydrogen-bond donors (Lipinski definition) is 2. The smallest absolute Gasteiger partial charge is 0.147 e. The van der Waals surface area contributed by atoms with Gasteiger partial charge in [-0.3, -0.25) is 5.41 Å². The van der Waals surface area contributed by atoms with Gasteiger partial charge in [0.1, 0.15) is 11.7 Å². The van der Waals surface area contributed by atoms with Gasteiger partial charge >= 0.3 is 0 Å². The zero-order valence-electron chi connectivity index (χ0n) is 9.92. The molecule has 0 atom stereocenters. The van der Waals surface area contributed by atoms with Gasteiger partial charge in [0.05, 0.1) is 5.69 Å². The minimum atomic E-state index is -0.337. The van der Waals surface area contributed by atoms with Crippen molar-refractivity contribution in [3.63, 3.8) is 0 Å². The van der Waals surface area contributed by atoms with Crippen molar-refractivity contribution in [3.8, 4) is 0 Å². The van der Waals surface area contributed by atoms with Gasteiger partial charge < -0.3 is 10.6 Å². The Balaban J connectivity index is 2.94. The maximum atomic E-state index is 13.7. The third-order valence-corrected chi connectivity index (χ3v) is 2.31. The van der Waals surface area contributed by atoms with Gasteiger partial charge in [0.15, 0.2) is 0 Å². The Labute approximate surface area is 95.6 Å². The van der Waals surface area contributed by atoms with Gasteiger partial charge in [-0.1, -0.05) is 13.8 Å². The molecule has 1 aromatic carbocycles. The lowest BCUT2D eigenvalue weighted by molar-refractivity contribution is 0.599. The molecule has 0 radical (unpaired) electrons. The molecule has 0 aliphatic carbocycles. The number of nitrogens with two attached hydrogens (primary N) is 1. The van der Waals surface area contributed by atoms with Crippen molar-refractivity contribution in [1.82, 2.24) is 0 Å². The molecular weight excluding hydrogens is 205 g/mol. The molecule has 3 N–H and O–H groups in total. The van der Waals surface area contributed by atoms with Crippen LogP contribution in [-0.4, -0.2) is 19.4 Å². The zero-order valence-corrected chi connectivity index (χ0v) is 9.92. The molecule has 0 aromatic heterocycles. The summed E-state index contributed by atoms with van der Waals surface area (Å²) >= 11 is 0. The van der Waals surface area contributed by atoms with E-state index in [1.54, 1.807) is 12.1 Å². The number of nitrogen functional groups attached to an aromatic ring is 1. The number of hydrogen-bond acceptors (Lipinski definition) is 2. The summed E-state index contributed by atoms with van der Waals surface area (Å²) in [5.41, 5.74) is 6.25. The normalized spacial score (nSPS) is 10.6. The molecule has 3 nitrogen and oxygen atoms in total. The summed E-state index contributed by atoms with van der Waals surface area (Å²) in [6, 6.07) is 4.63. The van der Waals surface area contributed by atoms with Crippen LogP contribution in [0.25, 0.3) is 0 Å². The standard InChI is InChI=1S/C12H18FN3/c1-8(2)7-16(3)11-5-4-9(12(14)15)6-10(11)13/h4-6,8H,7H2,1-3H3,(H3,14,15). The first-order chi connectivity index (χ1) is 7.41. The van der Waals surface area contributed by atoms with Gasteiger partial charge in [-0.25, -0.2) is 4.39 Å². The van der Waals surface area contributed by atoms with E-state index in [2.05, 4.69) is 13.8 Å². The van der Waals surface area contributed by atoms with Gasteiger partial charge in [0.2, 0.25) is 0 Å². The number of anilines is 1. The summed E-state index contributed by atoms with van der Waals surface area (Å²) in [4.78, 5) is 1.86.